The second-order valence-electron chi connectivity index (χ2n) is 4.49. The van der Waals surface area contributed by atoms with Crippen LogP contribution in [0.5, 0.6) is 0 Å². The average Bonchev–Trinajstić information content (AvgIpc) is 2.30. The van der Waals surface area contributed by atoms with Crippen molar-refractivity contribution < 1.29 is 13.3 Å². The summed E-state index contributed by atoms with van der Waals surface area (Å²) >= 11 is 5.95. The Morgan fingerprint density at radius 2 is 2.16 bits per heavy atom. The molecule has 1 saturated heterocycles. The van der Waals surface area contributed by atoms with E-state index >= 15 is 0 Å². The quantitative estimate of drug-likeness (QED) is 0.683. The first-order valence-electron chi connectivity index (χ1n) is 5.79. The van der Waals surface area contributed by atoms with Gasteiger partial charge in [-0.2, -0.15) is 0 Å². The molecule has 2 rings (SSSR count). The number of rotatable bonds is 3. The Labute approximate surface area is 115 Å². The summed E-state index contributed by atoms with van der Waals surface area (Å²) in [7, 11) is -3.07. The Balaban J connectivity index is 2.26. The minimum atomic E-state index is -3.07. The number of nitrogens with one attached hydrogen (secondary N) is 1. The maximum absolute atomic E-state index is 11.5. The van der Waals surface area contributed by atoms with Crippen LogP contribution in [0.25, 0.3) is 0 Å². The van der Waals surface area contributed by atoms with Crippen molar-refractivity contribution in [3.05, 3.63) is 33.3 Å². The van der Waals surface area contributed by atoms with Crippen LogP contribution < -0.4 is 5.32 Å². The fraction of sp³-hybridized carbons (Fsp3) is 0.455. The highest BCUT2D eigenvalue weighted by Crippen LogP contribution is 2.33. The third-order valence-corrected chi connectivity index (χ3v) is 5.14. The zero-order chi connectivity index (χ0) is 14.0. The molecule has 0 bridgehead atoms. The fourth-order valence-corrected chi connectivity index (χ4v) is 4.01. The molecule has 1 aliphatic rings. The number of sulfone groups is 1. The normalized spacial score (nSPS) is 21.8. The van der Waals surface area contributed by atoms with Gasteiger partial charge in [-0.1, -0.05) is 17.7 Å². The summed E-state index contributed by atoms with van der Waals surface area (Å²) in [5.74, 6) is 0.158. The van der Waals surface area contributed by atoms with E-state index in [4.69, 9.17) is 11.6 Å². The van der Waals surface area contributed by atoms with Gasteiger partial charge in [-0.3, -0.25) is 10.1 Å². The van der Waals surface area contributed by atoms with E-state index in [1.807, 2.05) is 0 Å². The maximum Gasteiger partial charge on any atom is 0.293 e. The van der Waals surface area contributed by atoms with Crippen LogP contribution >= 0.6 is 11.6 Å². The van der Waals surface area contributed by atoms with Gasteiger partial charge in [0.25, 0.3) is 5.69 Å². The number of hydrogen-bond donors (Lipinski definition) is 1. The molecule has 0 aliphatic carbocycles. The van der Waals surface area contributed by atoms with Crippen molar-refractivity contribution in [2.75, 3.05) is 16.8 Å². The minimum Gasteiger partial charge on any atom is -0.375 e. The van der Waals surface area contributed by atoms with E-state index in [1.165, 1.54) is 18.2 Å². The smallest absolute Gasteiger partial charge is 0.293 e. The first-order valence-corrected chi connectivity index (χ1v) is 7.99. The van der Waals surface area contributed by atoms with Gasteiger partial charge in [0.1, 0.15) is 5.69 Å². The monoisotopic (exact) mass is 304 g/mol. The van der Waals surface area contributed by atoms with Gasteiger partial charge in [0, 0.05) is 12.1 Å². The molecule has 0 radical (unpaired) electrons. The first kappa shape index (κ1) is 14.1. The number of hydrogen-bond acceptors (Lipinski definition) is 5. The van der Waals surface area contributed by atoms with Crippen LogP contribution in [0.3, 0.4) is 0 Å². The van der Waals surface area contributed by atoms with Gasteiger partial charge >= 0.3 is 0 Å². The molecule has 1 atom stereocenters. The minimum absolute atomic E-state index is 0.0185. The summed E-state index contributed by atoms with van der Waals surface area (Å²) in [4.78, 5) is 10.4. The molecule has 1 heterocycles. The molecule has 0 aromatic heterocycles. The van der Waals surface area contributed by atoms with E-state index in [-0.39, 0.29) is 33.9 Å². The summed E-state index contributed by atoms with van der Waals surface area (Å²) in [6.07, 6.45) is 1.21. The van der Waals surface area contributed by atoms with E-state index in [0.29, 0.717) is 12.8 Å². The zero-order valence-corrected chi connectivity index (χ0v) is 11.6. The van der Waals surface area contributed by atoms with Crippen molar-refractivity contribution >= 4 is 32.8 Å². The maximum atomic E-state index is 11.5. The van der Waals surface area contributed by atoms with Gasteiger partial charge < -0.3 is 5.32 Å². The molecule has 19 heavy (non-hydrogen) atoms. The fourth-order valence-electron chi connectivity index (χ4n) is 2.15. The number of anilines is 1. The van der Waals surface area contributed by atoms with Gasteiger partial charge in [-0.25, -0.2) is 8.42 Å². The summed E-state index contributed by atoms with van der Waals surface area (Å²) in [5, 5.41) is 14.1. The van der Waals surface area contributed by atoms with Crippen LogP contribution in [0, 0.1) is 10.1 Å². The number of nitrogens with zero attached hydrogens (tertiary/aromatic N) is 1. The predicted molar refractivity (Wildman–Crippen MR) is 73.4 cm³/mol. The predicted octanol–water partition coefficient (Wildman–Crippen LogP) is 2.24. The van der Waals surface area contributed by atoms with Gasteiger partial charge in [0.2, 0.25) is 0 Å². The van der Waals surface area contributed by atoms with Crippen LogP contribution in [-0.2, 0) is 9.84 Å². The highest BCUT2D eigenvalue weighted by atomic mass is 35.5. The van der Waals surface area contributed by atoms with Gasteiger partial charge in [-0.05, 0) is 18.9 Å². The van der Waals surface area contributed by atoms with Crippen molar-refractivity contribution in [2.24, 2.45) is 0 Å². The molecule has 0 amide bonds. The summed E-state index contributed by atoms with van der Waals surface area (Å²) in [5.41, 5.74) is 0.0479. The Hall–Kier alpha value is -1.34. The Morgan fingerprint density at radius 3 is 2.79 bits per heavy atom. The zero-order valence-electron chi connectivity index (χ0n) is 10.0. The number of benzene rings is 1. The first-order chi connectivity index (χ1) is 8.89. The largest absolute Gasteiger partial charge is 0.375 e. The Bertz CT molecular complexity index is 603. The van der Waals surface area contributed by atoms with E-state index in [9.17, 15) is 18.5 Å². The number of para-hydroxylation sites is 1. The molecule has 0 saturated carbocycles. The van der Waals surface area contributed by atoms with Gasteiger partial charge in [0.15, 0.2) is 9.84 Å². The van der Waals surface area contributed by atoms with Crippen LogP contribution in [0.15, 0.2) is 18.2 Å². The molecule has 1 aromatic rings. The average molecular weight is 305 g/mol. The van der Waals surface area contributed by atoms with E-state index in [1.54, 1.807) is 0 Å². The van der Waals surface area contributed by atoms with Crippen molar-refractivity contribution in [2.45, 2.75) is 18.9 Å². The van der Waals surface area contributed by atoms with Crippen molar-refractivity contribution in [1.82, 2.24) is 0 Å². The van der Waals surface area contributed by atoms with E-state index in [2.05, 4.69) is 5.32 Å². The lowest BCUT2D eigenvalue weighted by atomic mass is 10.1. The van der Waals surface area contributed by atoms with E-state index < -0.39 is 14.8 Å². The lowest BCUT2D eigenvalue weighted by Crippen LogP contribution is -2.35. The molecule has 1 unspecified atom stereocenters. The molecule has 0 spiro atoms. The van der Waals surface area contributed by atoms with Gasteiger partial charge in [-0.15, -0.1) is 0 Å². The van der Waals surface area contributed by atoms with Gasteiger partial charge in [0.05, 0.1) is 21.5 Å². The number of nitro groups is 1. The molecular formula is C11H13ClN2O4S. The Kier molecular flexibility index (Phi) is 3.96. The van der Waals surface area contributed by atoms with Crippen molar-refractivity contribution in [3.8, 4) is 0 Å². The van der Waals surface area contributed by atoms with E-state index in [0.717, 1.165) is 0 Å². The topological polar surface area (TPSA) is 89.3 Å². The molecule has 104 valence electrons. The summed E-state index contributed by atoms with van der Waals surface area (Å²) in [6.45, 7) is 0. The van der Waals surface area contributed by atoms with Crippen LogP contribution in [0.4, 0.5) is 11.4 Å². The standard InChI is InChI=1S/C11H13ClN2O4S/c12-9-4-1-5-10(14(15)16)11(9)13-8-3-2-6-19(17,18)7-8/h1,4-5,8,13H,2-3,6-7H2. The van der Waals surface area contributed by atoms with Crippen molar-refractivity contribution in [3.63, 3.8) is 0 Å². The second-order valence-corrected chi connectivity index (χ2v) is 7.12. The molecule has 1 aromatic carbocycles. The Morgan fingerprint density at radius 1 is 1.42 bits per heavy atom. The highest BCUT2D eigenvalue weighted by Gasteiger charge is 2.27. The lowest BCUT2D eigenvalue weighted by molar-refractivity contribution is -0.384. The third-order valence-electron chi connectivity index (χ3n) is 3.00. The van der Waals surface area contributed by atoms with Crippen molar-refractivity contribution in [1.29, 1.82) is 0 Å². The molecule has 1 N–H and O–H groups in total. The lowest BCUT2D eigenvalue weighted by Gasteiger charge is -2.24. The molecule has 8 heteroatoms. The molecular weight excluding hydrogens is 292 g/mol. The number of halogens is 1. The summed E-state index contributed by atoms with van der Waals surface area (Å²) < 4.78 is 23.1. The molecule has 1 fully saturated rings. The third kappa shape index (κ3) is 3.36. The second kappa shape index (κ2) is 5.34. The van der Waals surface area contributed by atoms with Crippen LogP contribution in [-0.4, -0.2) is 30.9 Å². The number of nitro benzene ring substituents is 1. The molecule has 1 aliphatic heterocycles. The van der Waals surface area contributed by atoms with Crippen LogP contribution in [0.2, 0.25) is 5.02 Å². The molecule has 6 nitrogen and oxygen atoms in total. The van der Waals surface area contributed by atoms with Crippen LogP contribution in [0.1, 0.15) is 12.8 Å². The highest BCUT2D eigenvalue weighted by molar-refractivity contribution is 7.91. The SMILES string of the molecule is O=[N+]([O-])c1cccc(Cl)c1NC1CCCS(=O)(=O)C1. The summed E-state index contributed by atoms with van der Waals surface area (Å²) in [6, 6.07) is 4.03.